The molecule has 3 aliphatic heterocycles. The van der Waals surface area contributed by atoms with Gasteiger partial charge in [-0.15, -0.1) is 0 Å². The molecule has 33 heavy (non-hydrogen) atoms. The van der Waals surface area contributed by atoms with Crippen LogP contribution < -0.4 is 10.1 Å². The summed E-state index contributed by atoms with van der Waals surface area (Å²) in [4.78, 5) is 40.3. The Morgan fingerprint density at radius 1 is 1.09 bits per heavy atom. The van der Waals surface area contributed by atoms with Crippen LogP contribution in [0, 0.1) is 0 Å². The Labute approximate surface area is 196 Å². The number of nitrogens with zero attached hydrogens (tertiary/aromatic N) is 2. The smallest absolute Gasteiger partial charge is 0.255 e. The van der Waals surface area contributed by atoms with E-state index in [0.29, 0.717) is 4.90 Å². The lowest BCUT2D eigenvalue weighted by Gasteiger charge is -2.29. The van der Waals surface area contributed by atoms with Crippen LogP contribution >= 0.6 is 0 Å². The van der Waals surface area contributed by atoms with E-state index in [1.165, 1.54) is 11.6 Å². The second-order valence-electron chi connectivity index (χ2n) is 8.25. The summed E-state index contributed by atoms with van der Waals surface area (Å²) in [6, 6.07) is 10.3. The number of carbonyl (C=O) groups is 3. The summed E-state index contributed by atoms with van der Waals surface area (Å²) in [5.74, 6) is -2.18. The fraction of sp³-hybridized carbons (Fsp3) is 0.400. The summed E-state index contributed by atoms with van der Waals surface area (Å²) in [6.07, 6.45) is -0.444. The Hall–Kier alpha value is -3.23. The number of benzene rings is 2. The van der Waals surface area contributed by atoms with E-state index in [1.54, 1.807) is 12.1 Å². The third-order valence-electron chi connectivity index (χ3n) is 5.98. The maximum Gasteiger partial charge on any atom is 0.255 e. The van der Waals surface area contributed by atoms with Crippen molar-refractivity contribution in [2.45, 2.75) is 38.5 Å². The van der Waals surface area contributed by atoms with Crippen molar-refractivity contribution < 1.29 is 28.0 Å². The minimum atomic E-state index is -2.48. The molecule has 0 aliphatic carbocycles. The molecule has 2 fully saturated rings. The molecule has 0 spiro atoms. The Morgan fingerprint density at radius 2 is 1.85 bits per heavy atom. The lowest BCUT2D eigenvalue weighted by atomic mass is 10.0. The van der Waals surface area contributed by atoms with Crippen molar-refractivity contribution >= 4 is 17.7 Å². The zero-order chi connectivity index (χ0) is 25.5. The molecule has 0 bridgehead atoms. The number of morpholine rings is 1. The van der Waals surface area contributed by atoms with Gasteiger partial charge < -0.3 is 14.4 Å². The van der Waals surface area contributed by atoms with Crippen molar-refractivity contribution in [1.29, 1.82) is 0 Å². The molecule has 2 saturated heterocycles. The highest BCUT2D eigenvalue weighted by Gasteiger charge is 2.40. The summed E-state index contributed by atoms with van der Waals surface area (Å²) in [5, 5.41) is 2.06. The van der Waals surface area contributed by atoms with Crippen molar-refractivity contribution in [3.05, 3.63) is 64.7 Å². The summed E-state index contributed by atoms with van der Waals surface area (Å²) in [5.41, 5.74) is 2.07. The van der Waals surface area contributed by atoms with Crippen molar-refractivity contribution in [2.75, 3.05) is 26.3 Å². The average Bonchev–Trinajstić information content (AvgIpc) is 3.08. The maximum atomic E-state index is 13.2. The van der Waals surface area contributed by atoms with Gasteiger partial charge >= 0.3 is 0 Å². The van der Waals surface area contributed by atoms with Crippen LogP contribution in [0.25, 0.3) is 0 Å². The van der Waals surface area contributed by atoms with Crippen LogP contribution in [0.1, 0.15) is 44.0 Å². The van der Waals surface area contributed by atoms with Crippen molar-refractivity contribution in [3.63, 3.8) is 0 Å². The second kappa shape index (κ2) is 9.33. The first-order chi connectivity index (χ1) is 17.2. The van der Waals surface area contributed by atoms with Crippen molar-refractivity contribution in [3.8, 4) is 5.75 Å². The van der Waals surface area contributed by atoms with E-state index >= 15 is 0 Å². The van der Waals surface area contributed by atoms with Crippen LogP contribution in [0.3, 0.4) is 0 Å². The molecule has 5 rings (SSSR count). The van der Waals surface area contributed by atoms with Crippen molar-refractivity contribution in [1.82, 2.24) is 15.1 Å². The molecule has 0 saturated carbocycles. The number of carbonyl (C=O) groups excluding carboxylic acids is 3. The molecule has 172 valence electrons. The van der Waals surface area contributed by atoms with Gasteiger partial charge in [-0.25, -0.2) is 0 Å². The molecule has 0 radical (unpaired) electrons. The van der Waals surface area contributed by atoms with Gasteiger partial charge in [0, 0.05) is 37.2 Å². The van der Waals surface area contributed by atoms with Crippen LogP contribution in [-0.4, -0.2) is 59.8 Å². The maximum absolute atomic E-state index is 13.2. The number of nitrogens with one attached hydrogen (secondary N) is 1. The minimum absolute atomic E-state index is 0.0183. The molecular formula is C25H27N3O5. The SMILES string of the molecule is [2H]C1([2H])c2c(OCc3ccc(CN4CCOCC4)cc3)cccc2C(=O)N1[C@@]1([2H])CCC(=O)NC1=O. The molecule has 3 amide bonds. The number of piperidine rings is 1. The molecule has 2 aromatic rings. The molecule has 8 nitrogen and oxygen atoms in total. The molecule has 8 heteroatoms. The highest BCUT2D eigenvalue weighted by Crippen LogP contribution is 2.34. The van der Waals surface area contributed by atoms with E-state index in [0.717, 1.165) is 38.4 Å². The van der Waals surface area contributed by atoms with E-state index < -0.39 is 30.2 Å². The van der Waals surface area contributed by atoms with Gasteiger partial charge in [-0.1, -0.05) is 30.3 Å². The zero-order valence-corrected chi connectivity index (χ0v) is 18.1. The van der Waals surface area contributed by atoms with Gasteiger partial charge in [0.1, 0.15) is 18.4 Å². The fourth-order valence-corrected chi connectivity index (χ4v) is 4.16. The predicted octanol–water partition coefficient (Wildman–Crippen LogP) is 1.86. The normalized spacial score (nSPS) is 26.2. The second-order valence-corrected chi connectivity index (χ2v) is 8.25. The minimum Gasteiger partial charge on any atom is -0.489 e. The molecule has 3 aliphatic rings. The van der Waals surface area contributed by atoms with Gasteiger partial charge in [-0.05, 0) is 29.7 Å². The molecule has 0 aromatic heterocycles. The van der Waals surface area contributed by atoms with Crippen molar-refractivity contribution in [2.24, 2.45) is 0 Å². The Balaban J connectivity index is 1.33. The molecule has 2 aromatic carbocycles. The number of hydrogen-bond acceptors (Lipinski definition) is 6. The van der Waals surface area contributed by atoms with Gasteiger partial charge in [-0.3, -0.25) is 24.6 Å². The van der Waals surface area contributed by atoms with E-state index in [2.05, 4.69) is 10.2 Å². The van der Waals surface area contributed by atoms with Crippen LogP contribution in [0.5, 0.6) is 5.75 Å². The summed E-state index contributed by atoms with van der Waals surface area (Å²) in [7, 11) is 0. The molecule has 1 atom stereocenters. The van der Waals surface area contributed by atoms with Gasteiger partial charge in [0.25, 0.3) is 5.91 Å². The number of hydrogen-bond donors (Lipinski definition) is 1. The molecular weight excluding hydrogens is 422 g/mol. The van der Waals surface area contributed by atoms with Gasteiger partial charge in [-0.2, -0.15) is 0 Å². The number of fused-ring (bicyclic) bond motifs is 1. The quantitative estimate of drug-likeness (QED) is 0.674. The standard InChI is InChI=1S/C25H27N3O5/c29-23-9-8-21(24(30)26-23)28-15-20-19(25(28)31)2-1-3-22(20)33-16-18-6-4-17(5-7-18)14-27-10-12-32-13-11-27/h1-7,21H,8-16H2,(H,26,29,30)/t21-/m0/s1/i15D2,21D. The largest absolute Gasteiger partial charge is 0.489 e. The van der Waals surface area contributed by atoms with Gasteiger partial charge in [0.05, 0.1) is 23.8 Å². The third kappa shape index (κ3) is 4.62. The van der Waals surface area contributed by atoms with Gasteiger partial charge in [0.15, 0.2) is 0 Å². The van der Waals surface area contributed by atoms with E-state index in [4.69, 9.17) is 13.6 Å². The topological polar surface area (TPSA) is 88.2 Å². The first-order valence-corrected chi connectivity index (χ1v) is 11.0. The highest BCUT2D eigenvalue weighted by atomic mass is 16.5. The van der Waals surface area contributed by atoms with Crippen LogP contribution in [0.15, 0.2) is 42.5 Å². The number of amides is 3. The Kier molecular flexibility index (Phi) is 5.15. The van der Waals surface area contributed by atoms with Crippen LogP contribution in [0.4, 0.5) is 0 Å². The van der Waals surface area contributed by atoms with E-state index in [9.17, 15) is 14.4 Å². The molecule has 3 heterocycles. The Morgan fingerprint density at radius 3 is 2.61 bits per heavy atom. The lowest BCUT2D eigenvalue weighted by Crippen LogP contribution is -2.52. The third-order valence-corrected chi connectivity index (χ3v) is 5.98. The van der Waals surface area contributed by atoms with Crippen LogP contribution in [0.2, 0.25) is 0 Å². The summed E-state index contributed by atoms with van der Waals surface area (Å²) >= 11 is 0. The first kappa shape index (κ1) is 18.2. The van der Waals surface area contributed by atoms with Crippen LogP contribution in [-0.2, 0) is 34.0 Å². The number of imide groups is 1. The first-order valence-electron chi connectivity index (χ1n) is 12.5. The number of rotatable bonds is 6. The zero-order valence-electron chi connectivity index (χ0n) is 21.1. The highest BCUT2D eigenvalue weighted by molar-refractivity contribution is 6.05. The molecule has 1 N–H and O–H groups in total. The number of ether oxygens (including phenoxy) is 2. The fourth-order valence-electron chi connectivity index (χ4n) is 4.16. The molecule has 0 unspecified atom stereocenters. The monoisotopic (exact) mass is 452 g/mol. The lowest BCUT2D eigenvalue weighted by molar-refractivity contribution is -0.136. The van der Waals surface area contributed by atoms with E-state index in [-0.39, 0.29) is 36.3 Å². The Bertz CT molecular complexity index is 1200. The summed E-state index contributed by atoms with van der Waals surface area (Å²) < 4.78 is 37.4. The van der Waals surface area contributed by atoms with Gasteiger partial charge in [0.2, 0.25) is 11.8 Å². The van der Waals surface area contributed by atoms with E-state index in [1.807, 2.05) is 24.3 Å². The summed E-state index contributed by atoms with van der Waals surface area (Å²) in [6.45, 7) is 1.79. The predicted molar refractivity (Wildman–Crippen MR) is 119 cm³/mol. The average molecular weight is 453 g/mol.